The lowest BCUT2D eigenvalue weighted by atomic mass is 9.96. The van der Waals surface area contributed by atoms with Gasteiger partial charge in [0, 0.05) is 17.3 Å². The van der Waals surface area contributed by atoms with E-state index >= 15 is 0 Å². The second-order valence-corrected chi connectivity index (χ2v) is 12.0. The molecule has 17 heteroatoms. The molecule has 0 saturated carbocycles. The molecule has 10 atom stereocenters. The predicted molar refractivity (Wildman–Crippen MR) is 154 cm³/mol. The molecule has 0 bridgehead atoms. The number of nitrogens with one attached hydrogen (secondary N) is 2. The molecule has 45 heavy (non-hydrogen) atoms. The van der Waals surface area contributed by atoms with E-state index < -0.39 is 84.4 Å². The first-order valence-electron chi connectivity index (χ1n) is 14.0. The number of hydrazine groups is 2. The van der Waals surface area contributed by atoms with Gasteiger partial charge in [0.1, 0.15) is 76.9 Å². The fourth-order valence-electron chi connectivity index (χ4n) is 5.63. The number of hydrogen-bond acceptors (Lipinski definition) is 14. The average Bonchev–Trinajstić information content (AvgIpc) is 3.71. The summed E-state index contributed by atoms with van der Waals surface area (Å²) in [5.41, 5.74) is 4.91. The number of rotatable bonds is 8. The first-order valence-corrected chi connectivity index (χ1v) is 15.0. The monoisotopic (exact) mass is 650 g/mol. The third kappa shape index (κ3) is 6.28. The van der Waals surface area contributed by atoms with Crippen molar-refractivity contribution in [1.82, 2.24) is 31.0 Å². The Morgan fingerprint density at radius 2 is 1.38 bits per heavy atom. The van der Waals surface area contributed by atoms with Crippen molar-refractivity contribution < 1.29 is 48.9 Å². The lowest BCUT2D eigenvalue weighted by Gasteiger charge is -2.47. The van der Waals surface area contributed by atoms with Gasteiger partial charge in [-0.25, -0.2) is 13.5 Å². The Morgan fingerprint density at radius 3 is 2.00 bits per heavy atom. The highest BCUT2D eigenvalue weighted by atomic mass is 32.2. The SMILES string of the molecule is OCC1O[C@@H](SC2O[C@H](CO)C(O)C(n3cc(-c4cccc(F)c4)nn3)[C@H]2O)C(O)C(N2C=C(c3cccc(F)c3)NN2)[C@H]1O. The van der Waals surface area contributed by atoms with Gasteiger partial charge in [-0.3, -0.25) is 5.01 Å². The molecule has 3 aromatic rings. The highest BCUT2D eigenvalue weighted by Gasteiger charge is 2.52. The third-order valence-electron chi connectivity index (χ3n) is 7.95. The highest BCUT2D eigenvalue weighted by molar-refractivity contribution is 8.00. The first-order chi connectivity index (χ1) is 21.7. The lowest BCUT2D eigenvalue weighted by Crippen LogP contribution is -2.65. The van der Waals surface area contributed by atoms with E-state index in [0.717, 1.165) is 11.8 Å². The fraction of sp³-hybridized carbons (Fsp3) is 0.429. The number of aliphatic hydroxyl groups is 6. The summed E-state index contributed by atoms with van der Waals surface area (Å²) in [6.07, 6.45) is -5.19. The minimum absolute atomic E-state index is 0.274. The zero-order valence-corrected chi connectivity index (χ0v) is 24.2. The van der Waals surface area contributed by atoms with Gasteiger partial charge in [-0.2, -0.15) is 0 Å². The van der Waals surface area contributed by atoms with E-state index in [1.165, 1.54) is 58.5 Å². The minimum atomic E-state index is -1.49. The van der Waals surface area contributed by atoms with Gasteiger partial charge in [0.15, 0.2) is 0 Å². The highest BCUT2D eigenvalue weighted by Crippen LogP contribution is 2.41. The van der Waals surface area contributed by atoms with Crippen molar-refractivity contribution in [1.29, 1.82) is 0 Å². The predicted octanol–water partition coefficient (Wildman–Crippen LogP) is -0.932. The molecule has 1 aromatic heterocycles. The Labute approximate surface area is 259 Å². The Kier molecular flexibility index (Phi) is 9.34. The van der Waals surface area contributed by atoms with Crippen LogP contribution in [0.3, 0.4) is 0 Å². The minimum Gasteiger partial charge on any atom is -0.394 e. The summed E-state index contributed by atoms with van der Waals surface area (Å²) in [4.78, 5) is 0. The summed E-state index contributed by atoms with van der Waals surface area (Å²) < 4.78 is 40.4. The van der Waals surface area contributed by atoms with Crippen LogP contribution >= 0.6 is 11.8 Å². The average molecular weight is 651 g/mol. The van der Waals surface area contributed by atoms with Crippen LogP contribution in [0.25, 0.3) is 17.0 Å². The maximum Gasteiger partial charge on any atom is 0.134 e. The van der Waals surface area contributed by atoms with Crippen molar-refractivity contribution >= 4 is 17.5 Å². The smallest absolute Gasteiger partial charge is 0.134 e. The lowest BCUT2D eigenvalue weighted by molar-refractivity contribution is -0.195. The first kappa shape index (κ1) is 31.7. The quantitative estimate of drug-likeness (QED) is 0.149. The van der Waals surface area contributed by atoms with Crippen LogP contribution in [0.4, 0.5) is 8.78 Å². The molecule has 2 aromatic carbocycles. The molecule has 14 nitrogen and oxygen atoms in total. The molecule has 0 radical (unpaired) electrons. The van der Waals surface area contributed by atoms with Crippen LogP contribution in [0.15, 0.2) is 60.9 Å². The summed E-state index contributed by atoms with van der Waals surface area (Å²) in [7, 11) is 0. The second kappa shape index (κ2) is 13.2. The molecule has 6 unspecified atom stereocenters. The number of halogens is 2. The number of benzene rings is 2. The topological polar surface area (TPSA) is 198 Å². The molecular weight excluding hydrogens is 618 g/mol. The molecule has 6 rings (SSSR count). The van der Waals surface area contributed by atoms with Gasteiger partial charge in [0.2, 0.25) is 0 Å². The van der Waals surface area contributed by atoms with Gasteiger partial charge < -0.3 is 45.5 Å². The Balaban J connectivity index is 1.23. The molecule has 2 saturated heterocycles. The largest absolute Gasteiger partial charge is 0.394 e. The van der Waals surface area contributed by atoms with Crippen molar-refractivity contribution in [3.63, 3.8) is 0 Å². The van der Waals surface area contributed by atoms with Gasteiger partial charge >= 0.3 is 0 Å². The molecule has 2 fully saturated rings. The van der Waals surface area contributed by atoms with Crippen LogP contribution in [-0.2, 0) is 9.47 Å². The van der Waals surface area contributed by atoms with Gasteiger partial charge in [-0.15, -0.1) is 10.6 Å². The van der Waals surface area contributed by atoms with E-state index in [-0.39, 0.29) is 5.69 Å². The van der Waals surface area contributed by atoms with Crippen LogP contribution in [-0.4, -0.2) is 117 Å². The molecule has 3 aliphatic heterocycles. The molecule has 0 amide bonds. The molecular formula is C28H32F2N6O8S. The zero-order chi connectivity index (χ0) is 31.8. The van der Waals surface area contributed by atoms with Crippen molar-refractivity contribution in [2.24, 2.45) is 0 Å². The van der Waals surface area contributed by atoms with Gasteiger partial charge in [0.05, 0.1) is 25.1 Å². The van der Waals surface area contributed by atoms with Crippen LogP contribution in [0.5, 0.6) is 0 Å². The molecule has 8 N–H and O–H groups in total. The summed E-state index contributed by atoms with van der Waals surface area (Å²) >= 11 is 0.820. The zero-order valence-electron chi connectivity index (χ0n) is 23.4. The standard InChI is InChI=1S/C28H32F2N6O8S/c29-15-5-1-3-13(7-15)17-9-35(33-31-17)21-23(39)19(11-37)43-27(25(21)41)45-28-26(42)22(24(40)20(12-38)44-28)36-10-18(32-34-36)14-4-2-6-16(30)8-14/h1-10,19-28,31,33,37-42H,11-12H2/t19?,20-,21?,22?,23+,24?,25?,26-,27+,28?/m1/s1. The van der Waals surface area contributed by atoms with E-state index in [9.17, 15) is 39.4 Å². The molecule has 0 aliphatic carbocycles. The number of nitrogens with zero attached hydrogens (tertiary/aromatic N) is 4. The van der Waals surface area contributed by atoms with Crippen molar-refractivity contribution in [2.75, 3.05) is 13.2 Å². The summed E-state index contributed by atoms with van der Waals surface area (Å²) in [5, 5.41) is 74.2. The second-order valence-electron chi connectivity index (χ2n) is 10.8. The Bertz CT molecular complexity index is 1520. The number of aromatic nitrogens is 3. The normalized spacial score (nSPS) is 33.6. The molecule has 3 aliphatic rings. The summed E-state index contributed by atoms with van der Waals surface area (Å²) in [5.74, 6) is -0.940. The third-order valence-corrected chi connectivity index (χ3v) is 9.26. The van der Waals surface area contributed by atoms with Crippen LogP contribution in [0.2, 0.25) is 0 Å². The van der Waals surface area contributed by atoms with E-state index in [2.05, 4.69) is 21.3 Å². The van der Waals surface area contributed by atoms with Crippen LogP contribution in [0.1, 0.15) is 11.6 Å². The molecule has 4 heterocycles. The molecule has 0 spiro atoms. The number of thioether (sulfide) groups is 1. The number of hydrogen-bond donors (Lipinski definition) is 8. The van der Waals surface area contributed by atoms with E-state index in [1.807, 2.05) is 0 Å². The van der Waals surface area contributed by atoms with Gasteiger partial charge in [0.25, 0.3) is 0 Å². The van der Waals surface area contributed by atoms with Crippen molar-refractivity contribution in [2.45, 2.75) is 59.6 Å². The maximum atomic E-state index is 13.8. The van der Waals surface area contributed by atoms with E-state index in [0.29, 0.717) is 16.8 Å². The maximum absolute atomic E-state index is 13.8. The van der Waals surface area contributed by atoms with Crippen molar-refractivity contribution in [3.8, 4) is 11.3 Å². The van der Waals surface area contributed by atoms with Gasteiger partial charge in [-0.1, -0.05) is 41.2 Å². The van der Waals surface area contributed by atoms with Gasteiger partial charge in [-0.05, 0) is 24.3 Å². The Hall–Kier alpha value is -3.23. The number of ether oxygens (including phenoxy) is 2. The van der Waals surface area contributed by atoms with Crippen molar-refractivity contribution in [3.05, 3.63) is 78.1 Å². The summed E-state index contributed by atoms with van der Waals surface area (Å²) in [6.45, 7) is -1.24. The van der Waals surface area contributed by atoms with E-state index in [1.54, 1.807) is 12.1 Å². The van der Waals surface area contributed by atoms with Crippen LogP contribution in [0, 0.1) is 11.6 Å². The Morgan fingerprint density at radius 1 is 0.800 bits per heavy atom. The summed E-state index contributed by atoms with van der Waals surface area (Å²) in [6, 6.07) is 9.16. The fourth-order valence-corrected chi connectivity index (χ4v) is 6.95. The van der Waals surface area contributed by atoms with E-state index in [4.69, 9.17) is 9.47 Å². The molecule has 242 valence electrons. The van der Waals surface area contributed by atoms with Crippen LogP contribution < -0.4 is 11.0 Å². The number of aliphatic hydroxyl groups excluding tert-OH is 6.